The molecule has 0 aromatic heterocycles. The monoisotopic (exact) mass is 347 g/mol. The van der Waals surface area contributed by atoms with Gasteiger partial charge in [0.15, 0.2) is 0 Å². The van der Waals surface area contributed by atoms with Crippen molar-refractivity contribution in [2.24, 2.45) is 4.99 Å². The van der Waals surface area contributed by atoms with E-state index in [9.17, 15) is 0 Å². The lowest BCUT2D eigenvalue weighted by molar-refractivity contribution is -0.224. The highest BCUT2D eigenvalue weighted by Gasteiger charge is 2.04. The zero-order valence-electron chi connectivity index (χ0n) is 16.3. The Bertz CT molecular complexity index is 431. The highest BCUT2D eigenvalue weighted by Crippen LogP contribution is 2.15. The Balaban J connectivity index is 2.25. The van der Waals surface area contributed by atoms with E-state index < -0.39 is 0 Å². The summed E-state index contributed by atoms with van der Waals surface area (Å²) in [6.45, 7) is 5.04. The van der Waals surface area contributed by atoms with E-state index >= 15 is 0 Å². The molecule has 0 aliphatic carbocycles. The number of para-hydroxylation sites is 1. The molecular formula is C22H37NO2. The standard InChI is InChI=1S/C22H37NO2/c1-3-5-7-8-9-10-11-12-16-19-22(25-24-20-6-4-2)23-21-17-14-13-15-18-21/h13-15,17-18H,3-12,16,19-20H2,1-2H3. The van der Waals surface area contributed by atoms with Crippen LogP contribution < -0.4 is 0 Å². The Labute approximate surface area is 154 Å². The molecule has 1 aromatic rings. The van der Waals surface area contributed by atoms with Crippen LogP contribution in [0, 0.1) is 0 Å². The normalized spacial score (nSPS) is 11.7. The van der Waals surface area contributed by atoms with Gasteiger partial charge in [0, 0.05) is 6.42 Å². The number of aliphatic imine (C=N–C) groups is 1. The fourth-order valence-electron chi connectivity index (χ4n) is 2.66. The average Bonchev–Trinajstić information content (AvgIpc) is 2.64. The number of rotatable bonds is 15. The molecule has 0 aliphatic heterocycles. The van der Waals surface area contributed by atoms with Gasteiger partial charge in [-0.2, -0.15) is 4.89 Å². The van der Waals surface area contributed by atoms with Crippen molar-refractivity contribution in [3.63, 3.8) is 0 Å². The summed E-state index contributed by atoms with van der Waals surface area (Å²) in [6, 6.07) is 9.97. The van der Waals surface area contributed by atoms with Crippen LogP contribution in [0.4, 0.5) is 5.69 Å². The smallest absolute Gasteiger partial charge is 0.232 e. The van der Waals surface area contributed by atoms with Gasteiger partial charge < -0.3 is 4.89 Å². The fraction of sp³-hybridized carbons (Fsp3) is 0.682. The van der Waals surface area contributed by atoms with Crippen LogP contribution >= 0.6 is 0 Å². The number of nitrogens with zero attached hydrogens (tertiary/aromatic N) is 1. The molecule has 0 unspecified atom stereocenters. The van der Waals surface area contributed by atoms with Crippen molar-refractivity contribution in [1.82, 2.24) is 0 Å². The first-order chi connectivity index (χ1) is 12.4. The van der Waals surface area contributed by atoms with Crippen molar-refractivity contribution in [3.05, 3.63) is 30.3 Å². The molecule has 0 bridgehead atoms. The van der Waals surface area contributed by atoms with Gasteiger partial charge in [0.2, 0.25) is 5.90 Å². The molecule has 0 fully saturated rings. The second-order valence-electron chi connectivity index (χ2n) is 6.68. The lowest BCUT2D eigenvalue weighted by Crippen LogP contribution is -2.07. The van der Waals surface area contributed by atoms with Crippen LogP contribution in [-0.2, 0) is 9.78 Å². The van der Waals surface area contributed by atoms with Crippen LogP contribution in [0.1, 0.15) is 90.9 Å². The third-order valence-electron chi connectivity index (χ3n) is 4.24. The molecule has 3 nitrogen and oxygen atoms in total. The highest BCUT2D eigenvalue weighted by molar-refractivity contribution is 5.78. The van der Waals surface area contributed by atoms with E-state index in [-0.39, 0.29) is 0 Å². The van der Waals surface area contributed by atoms with Gasteiger partial charge in [-0.3, -0.25) is 0 Å². The second-order valence-corrected chi connectivity index (χ2v) is 6.68. The fourth-order valence-corrected chi connectivity index (χ4v) is 2.66. The molecule has 142 valence electrons. The van der Waals surface area contributed by atoms with Crippen molar-refractivity contribution in [2.45, 2.75) is 90.9 Å². The summed E-state index contributed by atoms with van der Waals surface area (Å²) >= 11 is 0. The minimum absolute atomic E-state index is 0.627. The Kier molecular flexibility index (Phi) is 14.0. The molecule has 0 radical (unpaired) electrons. The van der Waals surface area contributed by atoms with E-state index in [1.165, 1.54) is 51.4 Å². The van der Waals surface area contributed by atoms with Gasteiger partial charge in [-0.05, 0) is 25.0 Å². The molecule has 25 heavy (non-hydrogen) atoms. The predicted octanol–water partition coefficient (Wildman–Crippen LogP) is 7.39. The summed E-state index contributed by atoms with van der Waals surface area (Å²) in [5.41, 5.74) is 0.924. The van der Waals surface area contributed by atoms with Crippen LogP contribution in [0.3, 0.4) is 0 Å². The van der Waals surface area contributed by atoms with Gasteiger partial charge in [-0.25, -0.2) is 4.99 Å². The number of benzene rings is 1. The summed E-state index contributed by atoms with van der Waals surface area (Å²) in [7, 11) is 0. The maximum Gasteiger partial charge on any atom is 0.232 e. The van der Waals surface area contributed by atoms with Gasteiger partial charge in [-0.15, -0.1) is 0 Å². The summed E-state index contributed by atoms with van der Waals surface area (Å²) in [5, 5.41) is 0. The first-order valence-electron chi connectivity index (χ1n) is 10.3. The van der Waals surface area contributed by atoms with E-state index in [4.69, 9.17) is 9.78 Å². The van der Waals surface area contributed by atoms with E-state index in [1.54, 1.807) is 0 Å². The highest BCUT2D eigenvalue weighted by atomic mass is 17.2. The van der Waals surface area contributed by atoms with Crippen molar-refractivity contribution in [2.75, 3.05) is 6.61 Å². The molecule has 1 aromatic carbocycles. The van der Waals surface area contributed by atoms with E-state index in [1.807, 2.05) is 30.3 Å². The number of hydrogen-bond donors (Lipinski definition) is 0. The third-order valence-corrected chi connectivity index (χ3v) is 4.24. The van der Waals surface area contributed by atoms with Gasteiger partial charge in [-0.1, -0.05) is 89.8 Å². The molecule has 0 saturated carbocycles. The Hall–Kier alpha value is -1.35. The Morgan fingerprint density at radius 1 is 0.760 bits per heavy atom. The van der Waals surface area contributed by atoms with Gasteiger partial charge in [0.1, 0.15) is 0 Å². The summed E-state index contributed by atoms with van der Waals surface area (Å²) in [6.07, 6.45) is 14.8. The van der Waals surface area contributed by atoms with Crippen molar-refractivity contribution < 1.29 is 9.78 Å². The van der Waals surface area contributed by atoms with E-state index in [0.717, 1.165) is 31.4 Å². The molecule has 0 atom stereocenters. The topological polar surface area (TPSA) is 30.8 Å². The average molecular weight is 348 g/mol. The lowest BCUT2D eigenvalue weighted by Gasteiger charge is -2.08. The van der Waals surface area contributed by atoms with Crippen molar-refractivity contribution in [3.8, 4) is 0 Å². The first kappa shape index (κ1) is 21.7. The van der Waals surface area contributed by atoms with E-state index in [2.05, 4.69) is 18.8 Å². The minimum atomic E-state index is 0.627. The van der Waals surface area contributed by atoms with Crippen molar-refractivity contribution >= 4 is 11.6 Å². The molecule has 0 amide bonds. The number of unbranched alkanes of at least 4 members (excludes halogenated alkanes) is 9. The summed E-state index contributed by atoms with van der Waals surface area (Å²) < 4.78 is 0. The van der Waals surface area contributed by atoms with Crippen LogP contribution in [0.25, 0.3) is 0 Å². The van der Waals surface area contributed by atoms with Crippen LogP contribution in [0.5, 0.6) is 0 Å². The zero-order chi connectivity index (χ0) is 18.0. The first-order valence-corrected chi connectivity index (χ1v) is 10.3. The third kappa shape index (κ3) is 12.6. The van der Waals surface area contributed by atoms with Crippen LogP contribution in [0.2, 0.25) is 0 Å². The van der Waals surface area contributed by atoms with Gasteiger partial charge in [0.25, 0.3) is 0 Å². The molecule has 0 heterocycles. The van der Waals surface area contributed by atoms with Gasteiger partial charge in [0.05, 0.1) is 12.3 Å². The largest absolute Gasteiger partial charge is 0.322 e. The number of hydrogen-bond acceptors (Lipinski definition) is 3. The molecule has 0 spiro atoms. The van der Waals surface area contributed by atoms with Crippen LogP contribution in [-0.4, -0.2) is 12.5 Å². The van der Waals surface area contributed by atoms with Gasteiger partial charge >= 0.3 is 0 Å². The van der Waals surface area contributed by atoms with Crippen LogP contribution in [0.15, 0.2) is 35.3 Å². The maximum absolute atomic E-state index is 5.47. The molecule has 0 N–H and O–H groups in total. The SMILES string of the molecule is CCCCCCCCCCCC(=Nc1ccccc1)OOCCCC. The molecule has 0 saturated heterocycles. The molecule has 3 heteroatoms. The second kappa shape index (κ2) is 16.1. The minimum Gasteiger partial charge on any atom is -0.322 e. The van der Waals surface area contributed by atoms with Crippen molar-refractivity contribution in [1.29, 1.82) is 0 Å². The molecule has 1 rings (SSSR count). The maximum atomic E-state index is 5.47. The zero-order valence-corrected chi connectivity index (χ0v) is 16.3. The summed E-state index contributed by atoms with van der Waals surface area (Å²) in [4.78, 5) is 15.4. The molecular weight excluding hydrogens is 310 g/mol. The molecule has 0 aliphatic rings. The lowest BCUT2D eigenvalue weighted by atomic mass is 10.1. The summed E-state index contributed by atoms with van der Waals surface area (Å²) in [5.74, 6) is 0.699. The Morgan fingerprint density at radius 2 is 1.36 bits per heavy atom. The Morgan fingerprint density at radius 3 is 2.00 bits per heavy atom. The van der Waals surface area contributed by atoms with E-state index in [0.29, 0.717) is 12.5 Å². The predicted molar refractivity (Wildman–Crippen MR) is 107 cm³/mol. The quantitative estimate of drug-likeness (QED) is 0.109.